The largest absolute Gasteiger partial charge is 0.491 e. The maximum atomic E-state index is 14.1. The molecule has 1 amide bonds. The molecule has 0 saturated carbocycles. The molecule has 3 aromatic carbocycles. The summed E-state index contributed by atoms with van der Waals surface area (Å²) in [5.41, 5.74) is -0.0726. The van der Waals surface area contributed by atoms with Crippen molar-refractivity contribution in [3.8, 4) is 17.0 Å². The summed E-state index contributed by atoms with van der Waals surface area (Å²) in [5.74, 6) is -9.91. The number of carbonyl (C=O) groups excluding carboxylic acids is 1. The zero-order chi connectivity index (χ0) is 21.4. The lowest BCUT2D eigenvalue weighted by molar-refractivity contribution is 0.101. The number of anilines is 1. The van der Waals surface area contributed by atoms with E-state index < -0.39 is 40.5 Å². The summed E-state index contributed by atoms with van der Waals surface area (Å²) in [6.07, 6.45) is 0. The van der Waals surface area contributed by atoms with Gasteiger partial charge in [-0.05, 0) is 10.8 Å². The molecular formula is C21H12F4N2O2S. The molecule has 0 bridgehead atoms. The molecule has 0 radical (unpaired) electrons. The van der Waals surface area contributed by atoms with Crippen molar-refractivity contribution in [3.63, 3.8) is 0 Å². The number of nitrogens with one attached hydrogen (secondary N) is 1. The van der Waals surface area contributed by atoms with E-state index in [1.165, 1.54) is 0 Å². The highest BCUT2D eigenvalue weighted by Crippen LogP contribution is 2.33. The van der Waals surface area contributed by atoms with Gasteiger partial charge in [0.1, 0.15) is 5.56 Å². The molecule has 4 rings (SSSR count). The van der Waals surface area contributed by atoms with Gasteiger partial charge in [-0.15, -0.1) is 11.3 Å². The Kier molecular flexibility index (Phi) is 5.13. The lowest BCUT2D eigenvalue weighted by Gasteiger charge is -2.10. The minimum absolute atomic E-state index is 0.0124. The van der Waals surface area contributed by atoms with Crippen molar-refractivity contribution in [1.82, 2.24) is 4.98 Å². The number of halogens is 4. The molecule has 0 aliphatic rings. The summed E-state index contributed by atoms with van der Waals surface area (Å²) in [4.78, 5) is 16.6. The quantitative estimate of drug-likeness (QED) is 0.329. The van der Waals surface area contributed by atoms with Gasteiger partial charge in [0, 0.05) is 10.9 Å². The molecular weight excluding hydrogens is 420 g/mol. The highest BCUT2D eigenvalue weighted by atomic mass is 32.1. The number of amides is 1. The zero-order valence-electron chi connectivity index (χ0n) is 15.3. The number of fused-ring (bicyclic) bond motifs is 1. The highest BCUT2D eigenvalue weighted by Gasteiger charge is 2.30. The molecule has 0 fully saturated rings. The zero-order valence-corrected chi connectivity index (χ0v) is 16.1. The van der Waals surface area contributed by atoms with Gasteiger partial charge in [-0.1, -0.05) is 42.5 Å². The maximum absolute atomic E-state index is 14.1. The molecule has 1 N–H and O–H groups in total. The van der Waals surface area contributed by atoms with E-state index in [1.54, 1.807) is 5.38 Å². The van der Waals surface area contributed by atoms with Crippen molar-refractivity contribution >= 4 is 33.1 Å². The average molecular weight is 432 g/mol. The SMILES string of the molecule is COc1c(F)c(F)c(C(=O)Nc2nc(-c3cccc4ccccc34)cs2)c(F)c1F. The highest BCUT2D eigenvalue weighted by molar-refractivity contribution is 7.14. The van der Waals surface area contributed by atoms with Crippen LogP contribution in [0.4, 0.5) is 22.7 Å². The van der Waals surface area contributed by atoms with Crippen LogP contribution in [0, 0.1) is 23.3 Å². The first-order valence-corrected chi connectivity index (χ1v) is 9.45. The predicted octanol–water partition coefficient (Wildman–Crippen LogP) is 5.78. The van der Waals surface area contributed by atoms with Crippen LogP contribution in [0.2, 0.25) is 0 Å². The molecule has 0 atom stereocenters. The van der Waals surface area contributed by atoms with Crippen molar-refractivity contribution in [2.45, 2.75) is 0 Å². The van der Waals surface area contributed by atoms with E-state index in [-0.39, 0.29) is 5.13 Å². The third-order valence-electron chi connectivity index (χ3n) is 4.44. The first-order valence-electron chi connectivity index (χ1n) is 8.57. The Morgan fingerprint density at radius 3 is 2.33 bits per heavy atom. The van der Waals surface area contributed by atoms with Crippen LogP contribution in [0.1, 0.15) is 10.4 Å². The van der Waals surface area contributed by atoms with Crippen LogP contribution in [-0.4, -0.2) is 18.0 Å². The van der Waals surface area contributed by atoms with Crippen molar-refractivity contribution < 1.29 is 27.1 Å². The van der Waals surface area contributed by atoms with Gasteiger partial charge in [0.15, 0.2) is 22.5 Å². The van der Waals surface area contributed by atoms with Crippen molar-refractivity contribution in [3.05, 3.63) is 76.7 Å². The Labute approximate surface area is 171 Å². The minimum Gasteiger partial charge on any atom is -0.491 e. The normalized spacial score (nSPS) is 11.0. The van der Waals surface area contributed by atoms with Gasteiger partial charge in [-0.25, -0.2) is 13.8 Å². The Balaban J connectivity index is 1.67. The number of carbonyl (C=O) groups is 1. The van der Waals surface area contributed by atoms with Gasteiger partial charge in [-0.2, -0.15) is 8.78 Å². The molecule has 4 nitrogen and oxygen atoms in total. The van der Waals surface area contributed by atoms with Crippen LogP contribution in [0.5, 0.6) is 5.75 Å². The fourth-order valence-corrected chi connectivity index (χ4v) is 3.76. The summed E-state index contributed by atoms with van der Waals surface area (Å²) in [6, 6.07) is 13.3. The second-order valence-corrected chi connectivity index (χ2v) is 7.04. The predicted molar refractivity (Wildman–Crippen MR) is 106 cm³/mol. The van der Waals surface area contributed by atoms with E-state index >= 15 is 0 Å². The number of aromatic nitrogens is 1. The monoisotopic (exact) mass is 432 g/mol. The van der Waals surface area contributed by atoms with Gasteiger partial charge >= 0.3 is 0 Å². The Bertz CT molecular complexity index is 1260. The third kappa shape index (κ3) is 3.26. The molecule has 0 aliphatic heterocycles. The molecule has 152 valence electrons. The third-order valence-corrected chi connectivity index (χ3v) is 5.20. The van der Waals surface area contributed by atoms with E-state index in [2.05, 4.69) is 15.0 Å². The van der Waals surface area contributed by atoms with Crippen LogP contribution < -0.4 is 10.1 Å². The van der Waals surface area contributed by atoms with Crippen LogP contribution >= 0.6 is 11.3 Å². The van der Waals surface area contributed by atoms with Crippen LogP contribution in [-0.2, 0) is 0 Å². The number of ether oxygens (including phenoxy) is 1. The lowest BCUT2D eigenvalue weighted by Crippen LogP contribution is -2.18. The molecule has 1 heterocycles. The van der Waals surface area contributed by atoms with Crippen LogP contribution in [0.15, 0.2) is 47.8 Å². The Morgan fingerprint density at radius 2 is 1.63 bits per heavy atom. The van der Waals surface area contributed by atoms with Crippen LogP contribution in [0.25, 0.3) is 22.0 Å². The van der Waals surface area contributed by atoms with E-state index in [1.807, 2.05) is 42.5 Å². The Morgan fingerprint density at radius 1 is 0.967 bits per heavy atom. The number of benzene rings is 3. The maximum Gasteiger partial charge on any atom is 0.263 e. The van der Waals surface area contributed by atoms with E-state index in [4.69, 9.17) is 0 Å². The van der Waals surface area contributed by atoms with E-state index in [9.17, 15) is 22.4 Å². The number of hydrogen-bond donors (Lipinski definition) is 1. The summed E-state index contributed by atoms with van der Waals surface area (Å²) in [6.45, 7) is 0. The molecule has 0 saturated heterocycles. The van der Waals surface area contributed by atoms with Gasteiger partial charge < -0.3 is 4.74 Å². The molecule has 30 heavy (non-hydrogen) atoms. The second-order valence-electron chi connectivity index (χ2n) is 6.18. The van der Waals surface area contributed by atoms with Gasteiger partial charge in [0.2, 0.25) is 11.6 Å². The molecule has 0 unspecified atom stereocenters. The number of methoxy groups -OCH3 is 1. The lowest BCUT2D eigenvalue weighted by atomic mass is 10.0. The number of rotatable bonds is 4. The van der Waals surface area contributed by atoms with Gasteiger partial charge in [0.05, 0.1) is 12.8 Å². The van der Waals surface area contributed by atoms with E-state index in [0.717, 1.165) is 34.8 Å². The Hall–Kier alpha value is -3.46. The number of hydrogen-bond acceptors (Lipinski definition) is 4. The first-order chi connectivity index (χ1) is 14.4. The van der Waals surface area contributed by atoms with Gasteiger partial charge in [0.25, 0.3) is 5.91 Å². The van der Waals surface area contributed by atoms with E-state index in [0.29, 0.717) is 5.69 Å². The smallest absolute Gasteiger partial charge is 0.263 e. The minimum atomic E-state index is -1.85. The molecule has 1 aromatic heterocycles. The summed E-state index contributed by atoms with van der Waals surface area (Å²) < 4.78 is 60.4. The molecule has 0 spiro atoms. The molecule has 9 heteroatoms. The summed E-state index contributed by atoms with van der Waals surface area (Å²) >= 11 is 1.00. The standard InChI is InChI=1S/C21H12F4N2O2S/c1-29-19-17(24)15(22)14(16(23)18(19)25)20(28)27-21-26-13(9-30-21)12-8-4-6-10-5-2-3-7-11(10)12/h2-9H,1H3,(H,26,27,28). The van der Waals surface area contributed by atoms with Crippen molar-refractivity contribution in [2.75, 3.05) is 12.4 Å². The number of nitrogens with zero attached hydrogens (tertiary/aromatic N) is 1. The molecule has 0 aliphatic carbocycles. The summed E-state index contributed by atoms with van der Waals surface area (Å²) in [7, 11) is 0.852. The fourth-order valence-electron chi connectivity index (χ4n) is 3.05. The average Bonchev–Trinajstić information content (AvgIpc) is 3.20. The van der Waals surface area contributed by atoms with Crippen LogP contribution in [0.3, 0.4) is 0 Å². The van der Waals surface area contributed by atoms with Gasteiger partial charge in [-0.3, -0.25) is 10.1 Å². The fraction of sp³-hybridized carbons (Fsp3) is 0.0476. The molecule has 4 aromatic rings. The summed E-state index contributed by atoms with van der Waals surface area (Å²) in [5, 5.41) is 5.77. The number of thiazole rings is 1. The van der Waals surface area contributed by atoms with Crippen molar-refractivity contribution in [1.29, 1.82) is 0 Å². The van der Waals surface area contributed by atoms with Crippen molar-refractivity contribution in [2.24, 2.45) is 0 Å². The second kappa shape index (κ2) is 7.75. The first kappa shape index (κ1) is 19.8. The topological polar surface area (TPSA) is 51.2 Å².